The van der Waals surface area contributed by atoms with Gasteiger partial charge in [-0.25, -0.2) is 24.6 Å². The SMILES string of the molecule is Cc1cc(Nc2ncnc3cnc(N4CCNC(C)C4)nc23)ccc1Oc1ccc2c(c1)nnn2C.Cl. The van der Waals surface area contributed by atoms with Crippen molar-refractivity contribution in [1.29, 1.82) is 0 Å². The van der Waals surface area contributed by atoms with Crippen LogP contribution in [0.4, 0.5) is 17.5 Å². The Morgan fingerprint density at radius 3 is 2.81 bits per heavy atom. The van der Waals surface area contributed by atoms with Gasteiger partial charge in [-0.3, -0.25) is 0 Å². The summed E-state index contributed by atoms with van der Waals surface area (Å²) in [5, 5.41) is 15.1. The molecule has 1 unspecified atom stereocenters. The Labute approximate surface area is 219 Å². The number of anilines is 3. The predicted octanol–water partition coefficient (Wildman–Crippen LogP) is 3.77. The highest BCUT2D eigenvalue weighted by atomic mass is 35.5. The summed E-state index contributed by atoms with van der Waals surface area (Å²) in [5.74, 6) is 2.79. The molecule has 2 aromatic carbocycles. The van der Waals surface area contributed by atoms with E-state index in [1.165, 1.54) is 6.33 Å². The summed E-state index contributed by atoms with van der Waals surface area (Å²) in [5.41, 5.74) is 4.97. The van der Waals surface area contributed by atoms with Crippen LogP contribution in [0.2, 0.25) is 0 Å². The third-order valence-electron chi connectivity index (χ3n) is 6.26. The molecule has 0 aliphatic carbocycles. The number of piperazine rings is 1. The van der Waals surface area contributed by atoms with E-state index in [0.29, 0.717) is 34.6 Å². The number of benzene rings is 2. The average Bonchev–Trinajstić information content (AvgIpc) is 3.25. The van der Waals surface area contributed by atoms with Gasteiger partial charge in [0.2, 0.25) is 5.95 Å². The number of rotatable bonds is 5. The number of aryl methyl sites for hydroxylation is 2. The quantitative estimate of drug-likeness (QED) is 0.356. The fraction of sp³-hybridized carbons (Fsp3) is 0.280. The zero-order valence-corrected chi connectivity index (χ0v) is 21.5. The molecule has 0 saturated carbocycles. The predicted molar refractivity (Wildman–Crippen MR) is 145 cm³/mol. The molecule has 0 radical (unpaired) electrons. The Balaban J connectivity index is 0.00000280. The summed E-state index contributed by atoms with van der Waals surface area (Å²) < 4.78 is 7.87. The molecule has 3 aromatic heterocycles. The van der Waals surface area contributed by atoms with Gasteiger partial charge in [-0.2, -0.15) is 0 Å². The molecular formula is C25H27ClN10O. The number of nitrogens with zero attached hydrogens (tertiary/aromatic N) is 8. The third kappa shape index (κ3) is 4.95. The van der Waals surface area contributed by atoms with Crippen molar-refractivity contribution in [2.24, 2.45) is 7.05 Å². The van der Waals surface area contributed by atoms with E-state index < -0.39 is 0 Å². The number of aromatic nitrogens is 7. The molecule has 0 bridgehead atoms. The molecule has 5 aromatic rings. The lowest BCUT2D eigenvalue weighted by Crippen LogP contribution is -2.49. The van der Waals surface area contributed by atoms with Gasteiger partial charge in [0.15, 0.2) is 5.82 Å². The molecule has 1 atom stereocenters. The van der Waals surface area contributed by atoms with Crippen LogP contribution in [0.5, 0.6) is 11.5 Å². The van der Waals surface area contributed by atoms with Crippen LogP contribution >= 0.6 is 12.4 Å². The van der Waals surface area contributed by atoms with E-state index in [1.807, 2.05) is 50.4 Å². The van der Waals surface area contributed by atoms with Crippen molar-refractivity contribution in [3.05, 3.63) is 54.5 Å². The maximum Gasteiger partial charge on any atom is 0.226 e. The number of fused-ring (bicyclic) bond motifs is 2. The molecule has 0 spiro atoms. The van der Waals surface area contributed by atoms with Gasteiger partial charge in [0.05, 0.1) is 11.7 Å². The molecule has 37 heavy (non-hydrogen) atoms. The first-order valence-corrected chi connectivity index (χ1v) is 11.8. The van der Waals surface area contributed by atoms with Crippen LogP contribution in [0.15, 0.2) is 48.9 Å². The van der Waals surface area contributed by atoms with Gasteiger partial charge < -0.3 is 20.3 Å². The number of hydrogen-bond donors (Lipinski definition) is 2. The van der Waals surface area contributed by atoms with Gasteiger partial charge in [0.25, 0.3) is 0 Å². The van der Waals surface area contributed by atoms with Gasteiger partial charge in [0, 0.05) is 44.5 Å². The van der Waals surface area contributed by atoms with Crippen LogP contribution in [0.3, 0.4) is 0 Å². The molecule has 11 nitrogen and oxygen atoms in total. The summed E-state index contributed by atoms with van der Waals surface area (Å²) >= 11 is 0. The van der Waals surface area contributed by atoms with Gasteiger partial charge in [-0.05, 0) is 49.7 Å². The molecular weight excluding hydrogens is 492 g/mol. The fourth-order valence-electron chi connectivity index (χ4n) is 4.39. The smallest absolute Gasteiger partial charge is 0.226 e. The Bertz CT molecular complexity index is 1570. The van der Waals surface area contributed by atoms with Gasteiger partial charge >= 0.3 is 0 Å². The zero-order valence-electron chi connectivity index (χ0n) is 20.7. The highest BCUT2D eigenvalue weighted by molar-refractivity contribution is 5.87. The second-order valence-electron chi connectivity index (χ2n) is 9.00. The maximum absolute atomic E-state index is 6.13. The van der Waals surface area contributed by atoms with E-state index in [9.17, 15) is 0 Å². The summed E-state index contributed by atoms with van der Waals surface area (Å²) in [7, 11) is 1.87. The van der Waals surface area contributed by atoms with Crippen molar-refractivity contribution >= 4 is 51.9 Å². The van der Waals surface area contributed by atoms with Gasteiger partial charge in [-0.15, -0.1) is 17.5 Å². The molecule has 4 heterocycles. The molecule has 1 fully saturated rings. The van der Waals surface area contributed by atoms with Crippen molar-refractivity contribution < 1.29 is 4.74 Å². The van der Waals surface area contributed by atoms with Crippen LogP contribution in [0.25, 0.3) is 22.1 Å². The monoisotopic (exact) mass is 518 g/mol. The minimum Gasteiger partial charge on any atom is -0.457 e. The summed E-state index contributed by atoms with van der Waals surface area (Å²) in [6, 6.07) is 12.0. The van der Waals surface area contributed by atoms with E-state index in [1.54, 1.807) is 10.9 Å². The Hall–Kier alpha value is -4.09. The van der Waals surface area contributed by atoms with E-state index in [0.717, 1.165) is 47.7 Å². The molecule has 12 heteroatoms. The standard InChI is InChI=1S/C25H26N10O.ClH/c1-15-10-17(4-7-22(15)36-18-5-6-21-19(11-18)32-33-34(21)3)30-24-23-20(28-14-29-24)12-27-25(31-23)35-9-8-26-16(2)13-35;/h4-7,10-12,14,16,26H,8-9,13H2,1-3H3,(H,28,29,30);1H. The van der Waals surface area contributed by atoms with Gasteiger partial charge in [-0.1, -0.05) is 5.21 Å². The van der Waals surface area contributed by atoms with E-state index in [4.69, 9.17) is 9.72 Å². The molecule has 1 aliphatic heterocycles. The Kier molecular flexibility index (Phi) is 6.72. The molecule has 190 valence electrons. The van der Waals surface area contributed by atoms with Crippen molar-refractivity contribution in [2.45, 2.75) is 19.9 Å². The first kappa shape index (κ1) is 24.6. The van der Waals surface area contributed by atoms with Crippen molar-refractivity contribution in [2.75, 3.05) is 29.9 Å². The van der Waals surface area contributed by atoms with Crippen LogP contribution in [0.1, 0.15) is 12.5 Å². The lowest BCUT2D eigenvalue weighted by Gasteiger charge is -2.31. The normalized spacial score (nSPS) is 15.5. The first-order chi connectivity index (χ1) is 17.5. The number of hydrogen-bond acceptors (Lipinski definition) is 10. The molecule has 0 amide bonds. The molecule has 1 saturated heterocycles. The lowest BCUT2D eigenvalue weighted by molar-refractivity contribution is 0.479. The average molecular weight is 519 g/mol. The van der Waals surface area contributed by atoms with E-state index in [-0.39, 0.29) is 12.4 Å². The Morgan fingerprint density at radius 1 is 1.08 bits per heavy atom. The third-order valence-corrected chi connectivity index (χ3v) is 6.26. The largest absolute Gasteiger partial charge is 0.457 e. The van der Waals surface area contributed by atoms with Crippen LogP contribution in [-0.2, 0) is 7.05 Å². The number of halogens is 1. The number of ether oxygens (including phenoxy) is 1. The lowest BCUT2D eigenvalue weighted by atomic mass is 10.2. The molecule has 2 N–H and O–H groups in total. The summed E-state index contributed by atoms with van der Waals surface area (Å²) in [4.78, 5) is 20.4. The summed E-state index contributed by atoms with van der Waals surface area (Å²) in [6.45, 7) is 6.78. The van der Waals surface area contributed by atoms with Crippen LogP contribution < -0.4 is 20.3 Å². The number of nitrogens with one attached hydrogen (secondary N) is 2. The van der Waals surface area contributed by atoms with Crippen molar-refractivity contribution in [1.82, 2.24) is 40.2 Å². The van der Waals surface area contributed by atoms with Crippen LogP contribution in [-0.4, -0.2) is 60.6 Å². The van der Waals surface area contributed by atoms with E-state index in [2.05, 4.69) is 47.7 Å². The summed E-state index contributed by atoms with van der Waals surface area (Å²) in [6.07, 6.45) is 3.28. The highest BCUT2D eigenvalue weighted by Crippen LogP contribution is 2.30. The first-order valence-electron chi connectivity index (χ1n) is 11.8. The van der Waals surface area contributed by atoms with Gasteiger partial charge in [0.1, 0.15) is 34.4 Å². The fourth-order valence-corrected chi connectivity index (χ4v) is 4.39. The minimum absolute atomic E-state index is 0. The molecule has 1 aliphatic rings. The van der Waals surface area contributed by atoms with Crippen molar-refractivity contribution in [3.8, 4) is 11.5 Å². The second kappa shape index (κ2) is 10.1. The maximum atomic E-state index is 6.13. The minimum atomic E-state index is 0. The highest BCUT2D eigenvalue weighted by Gasteiger charge is 2.19. The second-order valence-corrected chi connectivity index (χ2v) is 9.00. The zero-order chi connectivity index (χ0) is 24.6. The molecule has 6 rings (SSSR count). The van der Waals surface area contributed by atoms with Crippen LogP contribution in [0, 0.1) is 6.92 Å². The van der Waals surface area contributed by atoms with E-state index >= 15 is 0 Å². The Morgan fingerprint density at radius 2 is 1.97 bits per heavy atom. The topological polar surface area (TPSA) is 119 Å². The van der Waals surface area contributed by atoms with Crippen molar-refractivity contribution in [3.63, 3.8) is 0 Å².